The highest BCUT2D eigenvalue weighted by molar-refractivity contribution is 5.88. The Hall–Kier alpha value is -3.72. The molecule has 0 aliphatic rings. The first kappa shape index (κ1) is 14.8. The minimum atomic E-state index is 0.405. The van der Waals surface area contributed by atoms with Gasteiger partial charge in [0.15, 0.2) is 0 Å². The molecule has 4 aromatic rings. The highest BCUT2D eigenvalue weighted by atomic mass is 15.5. The summed E-state index contributed by atoms with van der Waals surface area (Å²) in [4.78, 5) is 6.21. The highest BCUT2D eigenvalue weighted by Crippen LogP contribution is 2.28. The molecule has 0 spiro atoms. The van der Waals surface area contributed by atoms with Gasteiger partial charge in [0.05, 0.1) is 24.5 Å². The molecule has 0 fully saturated rings. The summed E-state index contributed by atoms with van der Waals surface area (Å²) < 4.78 is 0. The van der Waals surface area contributed by atoms with Crippen LogP contribution in [0.4, 0.5) is 11.5 Å². The standard InChI is InChI=1S/C19H14N6/c20-12-16-17(13-25-21-10-11-22-25)15-8-4-5-9-18(15)24-19(16)23-14-6-2-1-3-7-14/h1-11H,13H2,(H,23,24). The van der Waals surface area contributed by atoms with Crippen LogP contribution >= 0.6 is 0 Å². The maximum atomic E-state index is 9.79. The van der Waals surface area contributed by atoms with E-state index < -0.39 is 0 Å². The Morgan fingerprint density at radius 2 is 1.68 bits per heavy atom. The molecule has 0 unspecified atom stereocenters. The summed E-state index contributed by atoms with van der Waals surface area (Å²) >= 11 is 0. The van der Waals surface area contributed by atoms with Crippen molar-refractivity contribution in [2.24, 2.45) is 0 Å². The quantitative estimate of drug-likeness (QED) is 0.621. The first-order chi connectivity index (χ1) is 12.3. The molecule has 0 bridgehead atoms. The Balaban J connectivity index is 1.89. The molecule has 0 saturated heterocycles. The van der Waals surface area contributed by atoms with E-state index in [0.717, 1.165) is 22.2 Å². The van der Waals surface area contributed by atoms with E-state index in [4.69, 9.17) is 0 Å². The lowest BCUT2D eigenvalue weighted by molar-refractivity contribution is 0.593. The summed E-state index contributed by atoms with van der Waals surface area (Å²) in [6, 6.07) is 19.8. The number of rotatable bonds is 4. The summed E-state index contributed by atoms with van der Waals surface area (Å²) in [6.45, 7) is 0.405. The predicted molar refractivity (Wildman–Crippen MR) is 95.3 cm³/mol. The van der Waals surface area contributed by atoms with Gasteiger partial charge in [0, 0.05) is 16.6 Å². The van der Waals surface area contributed by atoms with Gasteiger partial charge < -0.3 is 5.32 Å². The van der Waals surface area contributed by atoms with Crippen molar-refractivity contribution in [2.75, 3.05) is 5.32 Å². The van der Waals surface area contributed by atoms with Crippen LogP contribution in [-0.4, -0.2) is 20.0 Å². The molecular weight excluding hydrogens is 312 g/mol. The first-order valence-corrected chi connectivity index (χ1v) is 7.83. The van der Waals surface area contributed by atoms with E-state index in [9.17, 15) is 5.26 Å². The number of nitriles is 1. The van der Waals surface area contributed by atoms with Gasteiger partial charge in [-0.2, -0.15) is 20.3 Å². The lowest BCUT2D eigenvalue weighted by Crippen LogP contribution is -2.09. The number of fused-ring (bicyclic) bond motifs is 1. The topological polar surface area (TPSA) is 79.4 Å². The Morgan fingerprint density at radius 1 is 0.960 bits per heavy atom. The smallest absolute Gasteiger partial charge is 0.149 e. The van der Waals surface area contributed by atoms with E-state index in [1.54, 1.807) is 17.2 Å². The molecule has 2 aromatic heterocycles. The van der Waals surface area contributed by atoms with Crippen molar-refractivity contribution in [1.29, 1.82) is 5.26 Å². The van der Waals surface area contributed by atoms with E-state index >= 15 is 0 Å². The average Bonchev–Trinajstić information content (AvgIpc) is 3.16. The zero-order valence-electron chi connectivity index (χ0n) is 13.3. The van der Waals surface area contributed by atoms with E-state index in [1.165, 1.54) is 0 Å². The number of hydrogen-bond donors (Lipinski definition) is 1. The third kappa shape index (κ3) is 2.91. The molecule has 25 heavy (non-hydrogen) atoms. The second-order valence-corrected chi connectivity index (χ2v) is 5.49. The van der Waals surface area contributed by atoms with Gasteiger partial charge in [0.25, 0.3) is 0 Å². The molecule has 2 aromatic carbocycles. The lowest BCUT2D eigenvalue weighted by Gasteiger charge is -2.14. The molecule has 0 amide bonds. The van der Waals surface area contributed by atoms with E-state index in [-0.39, 0.29) is 0 Å². The van der Waals surface area contributed by atoms with Crippen molar-refractivity contribution in [3.63, 3.8) is 0 Å². The van der Waals surface area contributed by atoms with Gasteiger partial charge >= 0.3 is 0 Å². The molecule has 4 rings (SSSR count). The number of pyridine rings is 1. The van der Waals surface area contributed by atoms with Gasteiger partial charge in [0.1, 0.15) is 17.5 Å². The fourth-order valence-electron chi connectivity index (χ4n) is 2.78. The number of benzene rings is 2. The van der Waals surface area contributed by atoms with Gasteiger partial charge in [-0.15, -0.1) is 0 Å². The maximum absolute atomic E-state index is 9.79. The maximum Gasteiger partial charge on any atom is 0.149 e. The van der Waals surface area contributed by atoms with Crippen LogP contribution in [0.25, 0.3) is 10.9 Å². The fraction of sp³-hybridized carbons (Fsp3) is 0.0526. The van der Waals surface area contributed by atoms with Crippen LogP contribution in [0.5, 0.6) is 0 Å². The molecule has 2 heterocycles. The van der Waals surface area contributed by atoms with Crippen LogP contribution in [-0.2, 0) is 6.54 Å². The van der Waals surface area contributed by atoms with Gasteiger partial charge in [-0.05, 0) is 18.2 Å². The van der Waals surface area contributed by atoms with Crippen LogP contribution in [0.2, 0.25) is 0 Å². The SMILES string of the molecule is N#Cc1c(Nc2ccccc2)nc2ccccc2c1Cn1nccn1. The Bertz CT molecular complexity index is 1050. The third-order valence-electron chi connectivity index (χ3n) is 3.91. The number of anilines is 2. The van der Waals surface area contributed by atoms with E-state index in [2.05, 4.69) is 26.6 Å². The zero-order chi connectivity index (χ0) is 17.1. The third-order valence-corrected chi connectivity index (χ3v) is 3.91. The molecular formula is C19H14N6. The van der Waals surface area contributed by atoms with Crippen LogP contribution in [0, 0.1) is 11.3 Å². The fourth-order valence-corrected chi connectivity index (χ4v) is 2.78. The van der Waals surface area contributed by atoms with Crippen LogP contribution in [0.3, 0.4) is 0 Å². The first-order valence-electron chi connectivity index (χ1n) is 7.83. The highest BCUT2D eigenvalue weighted by Gasteiger charge is 2.16. The van der Waals surface area contributed by atoms with Gasteiger partial charge in [0.2, 0.25) is 0 Å². The van der Waals surface area contributed by atoms with Crippen molar-refractivity contribution in [3.05, 3.63) is 78.1 Å². The number of aromatic nitrogens is 4. The van der Waals surface area contributed by atoms with Crippen LogP contribution in [0.1, 0.15) is 11.1 Å². The molecule has 6 nitrogen and oxygen atoms in total. The molecule has 0 aliphatic carbocycles. The molecule has 0 atom stereocenters. The normalized spacial score (nSPS) is 10.5. The molecule has 120 valence electrons. The molecule has 1 N–H and O–H groups in total. The summed E-state index contributed by atoms with van der Waals surface area (Å²) in [5.74, 6) is 0.537. The summed E-state index contributed by atoms with van der Waals surface area (Å²) in [5, 5.41) is 22.3. The van der Waals surface area contributed by atoms with E-state index in [0.29, 0.717) is 17.9 Å². The summed E-state index contributed by atoms with van der Waals surface area (Å²) in [7, 11) is 0. The molecule has 0 radical (unpaired) electrons. The minimum absolute atomic E-state index is 0.405. The van der Waals surface area contributed by atoms with Crippen molar-refractivity contribution in [2.45, 2.75) is 6.54 Å². The zero-order valence-corrected chi connectivity index (χ0v) is 13.3. The van der Waals surface area contributed by atoms with Gasteiger partial charge in [-0.1, -0.05) is 36.4 Å². The number of nitrogens with one attached hydrogen (secondary N) is 1. The van der Waals surface area contributed by atoms with Crippen LogP contribution < -0.4 is 5.32 Å². The minimum Gasteiger partial charge on any atom is -0.339 e. The van der Waals surface area contributed by atoms with Gasteiger partial charge in [-0.3, -0.25) is 0 Å². The lowest BCUT2D eigenvalue weighted by atomic mass is 10.0. The van der Waals surface area contributed by atoms with Gasteiger partial charge in [-0.25, -0.2) is 4.98 Å². The number of para-hydroxylation sites is 2. The molecule has 6 heteroatoms. The van der Waals surface area contributed by atoms with Crippen molar-refractivity contribution < 1.29 is 0 Å². The predicted octanol–water partition coefficient (Wildman–Crippen LogP) is 3.49. The Morgan fingerprint density at radius 3 is 2.44 bits per heavy atom. The second-order valence-electron chi connectivity index (χ2n) is 5.49. The second kappa shape index (κ2) is 6.42. The van der Waals surface area contributed by atoms with Crippen molar-refractivity contribution in [1.82, 2.24) is 20.0 Å². The average molecular weight is 326 g/mol. The summed E-state index contributed by atoms with van der Waals surface area (Å²) in [5.41, 5.74) is 3.05. The Kier molecular flexibility index (Phi) is 3.81. The monoisotopic (exact) mass is 326 g/mol. The number of nitrogens with zero attached hydrogens (tertiary/aromatic N) is 5. The largest absolute Gasteiger partial charge is 0.339 e. The molecule has 0 saturated carbocycles. The van der Waals surface area contributed by atoms with Crippen molar-refractivity contribution >= 4 is 22.4 Å². The van der Waals surface area contributed by atoms with E-state index in [1.807, 2.05) is 54.6 Å². The van der Waals surface area contributed by atoms with Crippen molar-refractivity contribution in [3.8, 4) is 6.07 Å². The number of hydrogen-bond acceptors (Lipinski definition) is 5. The summed E-state index contributed by atoms with van der Waals surface area (Å²) in [6.07, 6.45) is 3.25. The van der Waals surface area contributed by atoms with Crippen LogP contribution in [0.15, 0.2) is 67.0 Å². The molecule has 0 aliphatic heterocycles. The Labute approximate surface area is 144 Å².